The highest BCUT2D eigenvalue weighted by Gasteiger charge is 2.24. The highest BCUT2D eigenvalue weighted by molar-refractivity contribution is 5.89. The Morgan fingerprint density at radius 2 is 1.79 bits per heavy atom. The van der Waals surface area contributed by atoms with Gasteiger partial charge in [0.2, 0.25) is 0 Å². The first-order valence-electron chi connectivity index (χ1n) is 11.1. The largest absolute Gasteiger partial charge is 0.336 e. The lowest BCUT2D eigenvalue weighted by Gasteiger charge is -2.36. The predicted molar refractivity (Wildman–Crippen MR) is 119 cm³/mol. The molecule has 2 rings (SSSR count). The Morgan fingerprint density at radius 3 is 2.41 bits per heavy atom. The van der Waals surface area contributed by atoms with Crippen molar-refractivity contribution in [3.05, 3.63) is 30.1 Å². The van der Waals surface area contributed by atoms with Crippen LogP contribution < -0.4 is 10.6 Å². The molecule has 1 aliphatic carbocycles. The van der Waals surface area contributed by atoms with Crippen molar-refractivity contribution < 1.29 is 9.18 Å². The van der Waals surface area contributed by atoms with E-state index in [1.165, 1.54) is 44.2 Å². The van der Waals surface area contributed by atoms with E-state index in [4.69, 9.17) is 0 Å². The fraction of sp³-hybridized carbons (Fsp3) is 0.696. The molecule has 0 heterocycles. The van der Waals surface area contributed by atoms with Crippen molar-refractivity contribution in [2.24, 2.45) is 5.92 Å². The molecule has 0 spiro atoms. The molecule has 0 aromatic heterocycles. The summed E-state index contributed by atoms with van der Waals surface area (Å²) in [5.41, 5.74) is 0.597. The molecule has 1 saturated carbocycles. The van der Waals surface area contributed by atoms with Crippen molar-refractivity contribution in [1.82, 2.24) is 15.1 Å². The van der Waals surface area contributed by atoms with Crippen LogP contribution in [0, 0.1) is 11.7 Å². The molecule has 29 heavy (non-hydrogen) atoms. The molecule has 0 bridgehead atoms. The molecule has 1 aromatic carbocycles. The Bertz CT molecular complexity index is 603. The maximum absolute atomic E-state index is 13.0. The number of rotatable bonds is 10. The van der Waals surface area contributed by atoms with E-state index in [1.807, 2.05) is 0 Å². The summed E-state index contributed by atoms with van der Waals surface area (Å²) >= 11 is 0. The van der Waals surface area contributed by atoms with Gasteiger partial charge in [0.1, 0.15) is 5.82 Å². The van der Waals surface area contributed by atoms with Crippen LogP contribution in [0.5, 0.6) is 0 Å². The lowest BCUT2D eigenvalue weighted by molar-refractivity contribution is 0.138. The van der Waals surface area contributed by atoms with Crippen LogP contribution in [0.1, 0.15) is 52.4 Å². The van der Waals surface area contributed by atoms with E-state index < -0.39 is 0 Å². The SMILES string of the molecule is CCN(C)[C@H](C)CN(C)[C@@H](CNC(=O)Nc1ccc(F)cc1)CC1CCCCC1. The number of halogens is 1. The van der Waals surface area contributed by atoms with Gasteiger partial charge in [-0.05, 0) is 64.2 Å². The van der Waals surface area contributed by atoms with Crippen molar-refractivity contribution >= 4 is 11.7 Å². The predicted octanol–water partition coefficient (Wildman–Crippen LogP) is 4.56. The van der Waals surface area contributed by atoms with Gasteiger partial charge in [0, 0.05) is 30.9 Å². The van der Waals surface area contributed by atoms with E-state index in [0.29, 0.717) is 24.3 Å². The third kappa shape index (κ3) is 8.31. The van der Waals surface area contributed by atoms with Gasteiger partial charge < -0.3 is 20.4 Å². The van der Waals surface area contributed by atoms with Gasteiger partial charge in [-0.2, -0.15) is 0 Å². The number of benzene rings is 1. The number of nitrogens with zero attached hydrogens (tertiary/aromatic N) is 2. The number of amides is 2. The molecule has 0 saturated heterocycles. The van der Waals surface area contributed by atoms with E-state index in [2.05, 4.69) is 48.4 Å². The van der Waals surface area contributed by atoms with E-state index >= 15 is 0 Å². The van der Waals surface area contributed by atoms with Gasteiger partial charge in [-0.25, -0.2) is 9.18 Å². The minimum atomic E-state index is -0.309. The quantitative estimate of drug-likeness (QED) is 0.599. The van der Waals surface area contributed by atoms with Crippen LogP contribution in [0.25, 0.3) is 0 Å². The van der Waals surface area contributed by atoms with Crippen LogP contribution in [-0.2, 0) is 0 Å². The van der Waals surface area contributed by atoms with Crippen molar-refractivity contribution in [1.29, 1.82) is 0 Å². The van der Waals surface area contributed by atoms with E-state index in [1.54, 1.807) is 12.1 Å². The summed E-state index contributed by atoms with van der Waals surface area (Å²) in [5.74, 6) is 0.439. The van der Waals surface area contributed by atoms with Gasteiger partial charge in [-0.3, -0.25) is 0 Å². The lowest BCUT2D eigenvalue weighted by Crippen LogP contribution is -2.48. The average molecular weight is 407 g/mol. The molecule has 1 aliphatic rings. The molecule has 2 atom stereocenters. The fourth-order valence-electron chi connectivity index (χ4n) is 4.16. The van der Waals surface area contributed by atoms with Crippen LogP contribution in [0.15, 0.2) is 24.3 Å². The van der Waals surface area contributed by atoms with Crippen LogP contribution >= 0.6 is 0 Å². The van der Waals surface area contributed by atoms with Gasteiger partial charge in [0.05, 0.1) is 0 Å². The average Bonchev–Trinajstić information content (AvgIpc) is 2.72. The first-order valence-corrected chi connectivity index (χ1v) is 11.1. The van der Waals surface area contributed by atoms with Crippen molar-refractivity contribution in [2.45, 2.75) is 64.5 Å². The van der Waals surface area contributed by atoms with Crippen LogP contribution in [-0.4, -0.2) is 61.6 Å². The number of carbonyl (C=O) groups excluding carboxylic acids is 1. The molecule has 0 unspecified atom stereocenters. The second kappa shape index (κ2) is 12.1. The minimum Gasteiger partial charge on any atom is -0.336 e. The van der Waals surface area contributed by atoms with Gasteiger partial charge in [-0.15, -0.1) is 0 Å². The summed E-state index contributed by atoms with van der Waals surface area (Å²) < 4.78 is 13.0. The number of nitrogens with one attached hydrogen (secondary N) is 2. The molecule has 164 valence electrons. The molecule has 0 aliphatic heterocycles. The third-order valence-electron chi connectivity index (χ3n) is 6.36. The Morgan fingerprint density at radius 1 is 1.14 bits per heavy atom. The van der Waals surface area contributed by atoms with Gasteiger partial charge in [0.25, 0.3) is 0 Å². The molecular formula is C23H39FN4O. The van der Waals surface area contributed by atoms with Crippen LogP contribution in [0.4, 0.5) is 14.9 Å². The molecule has 6 heteroatoms. The maximum atomic E-state index is 13.0. The van der Waals surface area contributed by atoms with E-state index in [9.17, 15) is 9.18 Å². The smallest absolute Gasteiger partial charge is 0.319 e. The van der Waals surface area contributed by atoms with Crippen molar-refractivity contribution in [3.63, 3.8) is 0 Å². The summed E-state index contributed by atoms with van der Waals surface area (Å²) in [6.07, 6.45) is 7.74. The van der Waals surface area contributed by atoms with Crippen molar-refractivity contribution in [3.8, 4) is 0 Å². The lowest BCUT2D eigenvalue weighted by atomic mass is 9.84. The fourth-order valence-corrected chi connectivity index (χ4v) is 4.16. The molecule has 2 N–H and O–H groups in total. The second-order valence-corrected chi connectivity index (χ2v) is 8.60. The minimum absolute atomic E-state index is 0.239. The number of likely N-dealkylation sites (N-methyl/N-ethyl adjacent to an activating group) is 2. The van der Waals surface area contributed by atoms with E-state index in [-0.39, 0.29) is 11.8 Å². The van der Waals surface area contributed by atoms with Crippen LogP contribution in [0.2, 0.25) is 0 Å². The number of carbonyl (C=O) groups is 1. The zero-order valence-electron chi connectivity index (χ0n) is 18.6. The van der Waals surface area contributed by atoms with Crippen molar-refractivity contribution in [2.75, 3.05) is 39.0 Å². The highest BCUT2D eigenvalue weighted by atomic mass is 19.1. The number of urea groups is 1. The Hall–Kier alpha value is -1.66. The molecular weight excluding hydrogens is 367 g/mol. The van der Waals surface area contributed by atoms with E-state index in [0.717, 1.165) is 25.4 Å². The first-order chi connectivity index (χ1) is 13.9. The van der Waals surface area contributed by atoms with Gasteiger partial charge in [-0.1, -0.05) is 39.0 Å². The number of hydrogen-bond acceptors (Lipinski definition) is 3. The maximum Gasteiger partial charge on any atom is 0.319 e. The Kier molecular flexibility index (Phi) is 9.88. The third-order valence-corrected chi connectivity index (χ3v) is 6.36. The van der Waals surface area contributed by atoms with Gasteiger partial charge >= 0.3 is 6.03 Å². The standard InChI is InChI=1S/C23H39FN4O/c1-5-27(3)18(2)17-28(4)22(15-19-9-7-6-8-10-19)16-25-23(29)26-21-13-11-20(24)12-14-21/h11-14,18-19,22H,5-10,15-17H2,1-4H3,(H2,25,26,29)/t18-,22-/m1/s1. The summed E-state index contributed by atoms with van der Waals surface area (Å²) in [7, 11) is 4.33. The zero-order valence-corrected chi connectivity index (χ0v) is 18.6. The highest BCUT2D eigenvalue weighted by Crippen LogP contribution is 2.28. The number of hydrogen-bond donors (Lipinski definition) is 2. The molecule has 1 aromatic rings. The Labute approximate surface area is 176 Å². The first kappa shape index (κ1) is 23.6. The second-order valence-electron chi connectivity index (χ2n) is 8.60. The number of anilines is 1. The summed E-state index contributed by atoms with van der Waals surface area (Å²) in [6, 6.07) is 6.38. The van der Waals surface area contributed by atoms with Gasteiger partial charge in [0.15, 0.2) is 0 Å². The Balaban J connectivity index is 1.92. The molecule has 1 fully saturated rings. The monoisotopic (exact) mass is 406 g/mol. The summed E-state index contributed by atoms with van der Waals surface area (Å²) in [5, 5.41) is 5.83. The zero-order chi connectivity index (χ0) is 21.2. The molecule has 0 radical (unpaired) electrons. The summed E-state index contributed by atoms with van der Waals surface area (Å²) in [4.78, 5) is 17.1. The molecule has 2 amide bonds. The topological polar surface area (TPSA) is 47.6 Å². The normalized spacial score (nSPS) is 17.3. The molecule has 5 nitrogen and oxygen atoms in total. The van der Waals surface area contributed by atoms with Crippen LogP contribution in [0.3, 0.4) is 0 Å². The summed E-state index contributed by atoms with van der Waals surface area (Å²) in [6.45, 7) is 7.05.